The van der Waals surface area contributed by atoms with Gasteiger partial charge in [-0.15, -0.1) is 0 Å². The van der Waals surface area contributed by atoms with Gasteiger partial charge in [-0.1, -0.05) is 24.3 Å². The number of aromatic nitrogens is 3. The molecule has 4 aromatic rings. The molecular formula is C20H16N4O. The highest BCUT2D eigenvalue weighted by molar-refractivity contribution is 5.87. The Kier molecular flexibility index (Phi) is 2.85. The number of hydrogen-bond acceptors (Lipinski definition) is 3. The molecule has 0 atom stereocenters. The molecule has 1 aliphatic rings. The second-order valence-electron chi connectivity index (χ2n) is 6.31. The summed E-state index contributed by atoms with van der Waals surface area (Å²) in [5.41, 5.74) is 1.89. The first-order valence-corrected chi connectivity index (χ1v) is 8.21. The molecule has 5 nitrogen and oxygen atoms in total. The molecule has 0 aliphatic carbocycles. The van der Waals surface area contributed by atoms with Gasteiger partial charge in [-0.25, -0.2) is 4.98 Å². The van der Waals surface area contributed by atoms with E-state index in [2.05, 4.69) is 46.1 Å². The number of benzene rings is 1. The van der Waals surface area contributed by atoms with Crippen LogP contribution in [0, 0.1) is 0 Å². The van der Waals surface area contributed by atoms with Crippen molar-refractivity contribution in [1.82, 2.24) is 14.1 Å². The fraction of sp³-hybridized carbons (Fsp3) is 0.100. The molecule has 4 heterocycles. The number of rotatable bonds is 1. The van der Waals surface area contributed by atoms with Crippen LogP contribution in [0.4, 0.5) is 5.82 Å². The van der Waals surface area contributed by atoms with E-state index in [1.54, 1.807) is 17.7 Å². The van der Waals surface area contributed by atoms with Crippen molar-refractivity contribution in [2.75, 3.05) is 4.90 Å². The number of nitrogens with zero attached hydrogens (tertiary/aromatic N) is 4. The van der Waals surface area contributed by atoms with Gasteiger partial charge in [0.15, 0.2) is 0 Å². The van der Waals surface area contributed by atoms with Gasteiger partial charge in [0.1, 0.15) is 11.5 Å². The first-order chi connectivity index (χ1) is 12.2. The largest absolute Gasteiger partial charge is 0.326 e. The maximum atomic E-state index is 11.9. The molecule has 5 heteroatoms. The van der Waals surface area contributed by atoms with Gasteiger partial charge in [0.25, 0.3) is 5.56 Å². The molecule has 1 aromatic carbocycles. The van der Waals surface area contributed by atoms with Gasteiger partial charge in [0, 0.05) is 53.6 Å². The first kappa shape index (κ1) is 14.0. The van der Waals surface area contributed by atoms with Gasteiger partial charge in [-0.05, 0) is 18.2 Å². The van der Waals surface area contributed by atoms with Crippen molar-refractivity contribution < 1.29 is 0 Å². The highest BCUT2D eigenvalue weighted by atomic mass is 16.1. The lowest BCUT2D eigenvalue weighted by Crippen LogP contribution is -2.23. The summed E-state index contributed by atoms with van der Waals surface area (Å²) in [7, 11) is 1.76. The van der Waals surface area contributed by atoms with Crippen molar-refractivity contribution in [2.24, 2.45) is 7.05 Å². The van der Waals surface area contributed by atoms with E-state index in [0.717, 1.165) is 17.7 Å². The van der Waals surface area contributed by atoms with E-state index in [4.69, 9.17) is 4.98 Å². The van der Waals surface area contributed by atoms with E-state index in [1.165, 1.54) is 16.5 Å². The lowest BCUT2D eigenvalue weighted by Gasteiger charge is -2.24. The van der Waals surface area contributed by atoms with Gasteiger partial charge in [-0.3, -0.25) is 9.36 Å². The molecule has 122 valence electrons. The topological polar surface area (TPSA) is 43.1 Å². The summed E-state index contributed by atoms with van der Waals surface area (Å²) in [6.07, 6.45) is 6.23. The van der Waals surface area contributed by atoms with Crippen molar-refractivity contribution in [2.45, 2.75) is 6.54 Å². The summed E-state index contributed by atoms with van der Waals surface area (Å²) in [5, 5.41) is 3.45. The minimum atomic E-state index is -0.0498. The van der Waals surface area contributed by atoms with Crippen LogP contribution in [-0.4, -0.2) is 14.1 Å². The van der Waals surface area contributed by atoms with Crippen LogP contribution >= 0.6 is 0 Å². The van der Waals surface area contributed by atoms with Crippen molar-refractivity contribution in [3.8, 4) is 0 Å². The van der Waals surface area contributed by atoms with Gasteiger partial charge in [-0.2, -0.15) is 0 Å². The number of hydrogen-bond donors (Lipinski definition) is 0. The fourth-order valence-electron chi connectivity index (χ4n) is 3.45. The van der Waals surface area contributed by atoms with Crippen LogP contribution in [-0.2, 0) is 13.6 Å². The van der Waals surface area contributed by atoms with Crippen LogP contribution in [0.3, 0.4) is 0 Å². The quantitative estimate of drug-likeness (QED) is 0.538. The molecular weight excluding hydrogens is 312 g/mol. The maximum absolute atomic E-state index is 11.9. The smallest absolute Gasteiger partial charge is 0.251 e. The van der Waals surface area contributed by atoms with E-state index in [-0.39, 0.29) is 5.56 Å². The second kappa shape index (κ2) is 5.08. The number of pyridine rings is 2. The van der Waals surface area contributed by atoms with Crippen molar-refractivity contribution >= 4 is 33.8 Å². The highest BCUT2D eigenvalue weighted by Crippen LogP contribution is 2.28. The third-order valence-corrected chi connectivity index (χ3v) is 4.83. The van der Waals surface area contributed by atoms with E-state index in [0.29, 0.717) is 5.65 Å². The third-order valence-electron chi connectivity index (χ3n) is 4.83. The molecule has 0 bridgehead atoms. The fourth-order valence-corrected chi connectivity index (χ4v) is 3.45. The Morgan fingerprint density at radius 2 is 1.80 bits per heavy atom. The summed E-state index contributed by atoms with van der Waals surface area (Å²) >= 11 is 0. The molecule has 0 saturated heterocycles. The number of anilines is 1. The van der Waals surface area contributed by atoms with Crippen molar-refractivity contribution in [3.05, 3.63) is 77.0 Å². The Labute approximate surface area is 144 Å². The number of aryl methyl sites for hydroxylation is 1. The molecule has 3 aromatic heterocycles. The zero-order chi connectivity index (χ0) is 17.0. The first-order valence-electron chi connectivity index (χ1n) is 8.21. The molecule has 5 rings (SSSR count). The zero-order valence-electron chi connectivity index (χ0n) is 13.8. The summed E-state index contributed by atoms with van der Waals surface area (Å²) in [6.45, 7) is 0.739. The van der Waals surface area contributed by atoms with Gasteiger partial charge in [0.2, 0.25) is 0 Å². The zero-order valence-corrected chi connectivity index (χ0v) is 13.8. The molecule has 0 spiro atoms. The van der Waals surface area contributed by atoms with E-state index >= 15 is 0 Å². The minimum Gasteiger partial charge on any atom is -0.326 e. The Hall–Kier alpha value is -3.34. The van der Waals surface area contributed by atoms with Crippen LogP contribution in [0.2, 0.25) is 0 Å². The number of fused-ring (bicyclic) bond motifs is 4. The molecule has 1 aliphatic heterocycles. The lowest BCUT2D eigenvalue weighted by atomic mass is 10.1. The van der Waals surface area contributed by atoms with E-state index in [1.807, 2.05) is 24.4 Å². The van der Waals surface area contributed by atoms with Crippen LogP contribution in [0.1, 0.15) is 5.69 Å². The van der Waals surface area contributed by atoms with E-state index < -0.39 is 0 Å². The molecule has 0 saturated carbocycles. The highest BCUT2D eigenvalue weighted by Gasteiger charge is 2.17. The van der Waals surface area contributed by atoms with Crippen LogP contribution in [0.15, 0.2) is 65.7 Å². The van der Waals surface area contributed by atoms with Crippen molar-refractivity contribution in [1.29, 1.82) is 0 Å². The van der Waals surface area contributed by atoms with Gasteiger partial charge >= 0.3 is 0 Å². The average molecular weight is 328 g/mol. The minimum absolute atomic E-state index is 0.0498. The molecule has 0 N–H and O–H groups in total. The predicted octanol–water partition coefficient (Wildman–Crippen LogP) is 3.34. The molecule has 0 radical (unpaired) electrons. The third kappa shape index (κ3) is 2.09. The Balaban J connectivity index is 1.62. The molecule has 0 fully saturated rings. The average Bonchev–Trinajstić information content (AvgIpc) is 3.02. The summed E-state index contributed by atoms with van der Waals surface area (Å²) in [6, 6.07) is 15.8. The van der Waals surface area contributed by atoms with E-state index in [9.17, 15) is 4.79 Å². The molecule has 0 amide bonds. The molecule has 0 unspecified atom stereocenters. The summed E-state index contributed by atoms with van der Waals surface area (Å²) in [5.74, 6) is 0.835. The second-order valence-corrected chi connectivity index (χ2v) is 6.31. The van der Waals surface area contributed by atoms with Gasteiger partial charge < -0.3 is 9.47 Å². The normalized spacial score (nSPS) is 13.6. The Morgan fingerprint density at radius 3 is 2.72 bits per heavy atom. The maximum Gasteiger partial charge on any atom is 0.251 e. The summed E-state index contributed by atoms with van der Waals surface area (Å²) in [4.78, 5) is 18.7. The van der Waals surface area contributed by atoms with Crippen LogP contribution in [0.5, 0.6) is 0 Å². The van der Waals surface area contributed by atoms with Crippen LogP contribution in [0.25, 0.3) is 28.0 Å². The lowest BCUT2D eigenvalue weighted by molar-refractivity contribution is 0.845. The Bertz CT molecular complexity index is 1220. The monoisotopic (exact) mass is 328 g/mol. The summed E-state index contributed by atoms with van der Waals surface area (Å²) < 4.78 is 3.75. The predicted molar refractivity (Wildman–Crippen MR) is 100 cm³/mol. The standard InChI is InChI=1S/C20H16N4O/c1-22-19(25)9-7-14-6-8-18(21-20(14)22)24-11-10-23-12-15-4-2-3-5-16(15)17(23)13-24/h2-12H,13H2,1H3. The van der Waals surface area contributed by atoms with Crippen LogP contribution < -0.4 is 10.5 Å². The Morgan fingerprint density at radius 1 is 0.960 bits per heavy atom. The van der Waals surface area contributed by atoms with Gasteiger partial charge in [0.05, 0.1) is 6.54 Å². The SMILES string of the molecule is Cn1c(=O)ccc2ccc(N3C=Cn4cc5ccccc5c4C3)nc21. The van der Waals surface area contributed by atoms with Crippen molar-refractivity contribution in [3.63, 3.8) is 0 Å². The molecule has 25 heavy (non-hydrogen) atoms.